The third-order valence-corrected chi connectivity index (χ3v) is 4.65. The molecule has 0 radical (unpaired) electrons. The van der Waals surface area contributed by atoms with E-state index in [4.69, 9.17) is 34.8 Å². The van der Waals surface area contributed by atoms with Gasteiger partial charge in [0.2, 0.25) is 0 Å². The second-order valence-electron chi connectivity index (χ2n) is 5.61. The van der Waals surface area contributed by atoms with Crippen LogP contribution >= 0.6 is 34.8 Å². The van der Waals surface area contributed by atoms with Crippen molar-refractivity contribution < 1.29 is 0 Å². The van der Waals surface area contributed by atoms with Gasteiger partial charge in [-0.3, -0.25) is 0 Å². The van der Waals surface area contributed by atoms with Crippen molar-refractivity contribution in [1.82, 2.24) is 0 Å². The molecule has 0 amide bonds. The lowest BCUT2D eigenvalue weighted by Gasteiger charge is -2.22. The number of rotatable bonds is 4. The van der Waals surface area contributed by atoms with E-state index in [1.807, 2.05) is 0 Å². The summed E-state index contributed by atoms with van der Waals surface area (Å²) in [5.74, 6) is 0.635. The highest BCUT2D eigenvalue weighted by Crippen LogP contribution is 2.45. The highest BCUT2D eigenvalue weighted by atomic mass is 35.5. The summed E-state index contributed by atoms with van der Waals surface area (Å²) in [7, 11) is 0. The van der Waals surface area contributed by atoms with E-state index in [9.17, 15) is 0 Å². The average Bonchev–Trinajstić information content (AvgIpc) is 3.24. The Morgan fingerprint density at radius 1 is 1.00 bits per heavy atom. The van der Waals surface area contributed by atoms with E-state index in [-0.39, 0.29) is 6.04 Å². The number of aryl methyl sites for hydroxylation is 1. The summed E-state index contributed by atoms with van der Waals surface area (Å²) in [5, 5.41) is 5.19. The van der Waals surface area contributed by atoms with Gasteiger partial charge in [-0.25, -0.2) is 0 Å². The SMILES string of the molecule is Cc1ccc(C(Nc2c(Cl)cc(Cl)cc2Cl)C2CC2)cc1. The molecule has 1 atom stereocenters. The Kier molecular flexibility index (Phi) is 4.35. The number of nitrogens with one attached hydrogen (secondary N) is 1. The second kappa shape index (κ2) is 6.08. The molecule has 4 heteroatoms. The molecule has 1 fully saturated rings. The first-order valence-corrected chi connectivity index (χ1v) is 8.15. The third kappa shape index (κ3) is 3.48. The normalized spacial score (nSPS) is 15.8. The lowest BCUT2D eigenvalue weighted by Crippen LogP contribution is -2.13. The van der Waals surface area contributed by atoms with Gasteiger partial charge in [-0.2, -0.15) is 0 Å². The number of halogens is 3. The van der Waals surface area contributed by atoms with E-state index in [1.165, 1.54) is 24.0 Å². The Morgan fingerprint density at radius 2 is 1.57 bits per heavy atom. The zero-order chi connectivity index (χ0) is 15.0. The summed E-state index contributed by atoms with van der Waals surface area (Å²) >= 11 is 18.5. The van der Waals surface area contributed by atoms with Crippen molar-refractivity contribution in [2.75, 3.05) is 5.32 Å². The molecule has 1 saturated carbocycles. The maximum atomic E-state index is 6.29. The van der Waals surface area contributed by atoms with Crippen LogP contribution in [0.5, 0.6) is 0 Å². The summed E-state index contributed by atoms with van der Waals surface area (Å²) in [5.41, 5.74) is 3.29. The maximum absolute atomic E-state index is 6.29. The summed E-state index contributed by atoms with van der Waals surface area (Å²) in [6.07, 6.45) is 2.46. The topological polar surface area (TPSA) is 12.0 Å². The fraction of sp³-hybridized carbons (Fsp3) is 0.294. The van der Waals surface area contributed by atoms with Crippen molar-refractivity contribution in [3.05, 3.63) is 62.6 Å². The van der Waals surface area contributed by atoms with Crippen molar-refractivity contribution in [2.45, 2.75) is 25.8 Å². The molecule has 0 aromatic heterocycles. The van der Waals surface area contributed by atoms with Gasteiger partial charge in [0.15, 0.2) is 0 Å². The minimum Gasteiger partial charge on any atom is -0.376 e. The van der Waals surface area contributed by atoms with E-state index in [2.05, 4.69) is 36.5 Å². The van der Waals surface area contributed by atoms with Crippen LogP contribution in [0.25, 0.3) is 0 Å². The Morgan fingerprint density at radius 3 is 2.10 bits per heavy atom. The first kappa shape index (κ1) is 15.0. The van der Waals surface area contributed by atoms with Gasteiger partial charge >= 0.3 is 0 Å². The van der Waals surface area contributed by atoms with E-state index in [0.717, 1.165) is 5.69 Å². The van der Waals surface area contributed by atoms with Gasteiger partial charge in [0, 0.05) is 5.02 Å². The average molecular weight is 341 g/mol. The van der Waals surface area contributed by atoms with Crippen LogP contribution in [0.2, 0.25) is 15.1 Å². The molecular weight excluding hydrogens is 325 g/mol. The molecule has 0 aliphatic heterocycles. The van der Waals surface area contributed by atoms with Crippen molar-refractivity contribution in [3.63, 3.8) is 0 Å². The quantitative estimate of drug-likeness (QED) is 0.668. The van der Waals surface area contributed by atoms with Gasteiger partial charge in [-0.1, -0.05) is 64.6 Å². The standard InChI is InChI=1S/C17H16Cl3N/c1-10-2-4-11(5-3-10)16(12-6-7-12)21-17-14(19)8-13(18)9-15(17)20/h2-5,8-9,12,16,21H,6-7H2,1H3. The Hall–Kier alpha value is -0.890. The Balaban J connectivity index is 1.91. The Labute approximate surface area is 140 Å². The second-order valence-corrected chi connectivity index (χ2v) is 6.87. The minimum atomic E-state index is 0.238. The van der Waals surface area contributed by atoms with Crippen LogP contribution in [0.15, 0.2) is 36.4 Å². The largest absolute Gasteiger partial charge is 0.376 e. The zero-order valence-corrected chi connectivity index (χ0v) is 13.9. The van der Waals surface area contributed by atoms with E-state index in [0.29, 0.717) is 21.0 Å². The minimum absolute atomic E-state index is 0.238. The summed E-state index contributed by atoms with van der Waals surface area (Å²) in [6, 6.07) is 12.3. The van der Waals surface area contributed by atoms with Crippen LogP contribution in [-0.2, 0) is 0 Å². The van der Waals surface area contributed by atoms with Gasteiger partial charge < -0.3 is 5.32 Å². The molecule has 1 unspecified atom stereocenters. The van der Waals surface area contributed by atoms with Crippen LogP contribution in [0, 0.1) is 12.8 Å². The molecule has 2 aromatic rings. The van der Waals surface area contributed by atoms with Crippen LogP contribution in [-0.4, -0.2) is 0 Å². The predicted molar refractivity (Wildman–Crippen MR) is 91.7 cm³/mol. The highest BCUT2D eigenvalue weighted by Gasteiger charge is 2.33. The molecule has 0 saturated heterocycles. The van der Waals surface area contributed by atoms with Crippen molar-refractivity contribution in [3.8, 4) is 0 Å². The summed E-state index contributed by atoms with van der Waals surface area (Å²) < 4.78 is 0. The van der Waals surface area contributed by atoms with Gasteiger partial charge in [0.1, 0.15) is 0 Å². The molecule has 1 N–H and O–H groups in total. The van der Waals surface area contributed by atoms with Crippen LogP contribution in [0.1, 0.15) is 30.0 Å². The summed E-state index contributed by atoms with van der Waals surface area (Å²) in [6.45, 7) is 2.09. The van der Waals surface area contributed by atoms with Crippen molar-refractivity contribution in [2.24, 2.45) is 5.92 Å². The molecule has 0 heterocycles. The van der Waals surface area contributed by atoms with E-state index < -0.39 is 0 Å². The lowest BCUT2D eigenvalue weighted by molar-refractivity contribution is 0.679. The fourth-order valence-corrected chi connectivity index (χ4v) is 3.44. The monoisotopic (exact) mass is 339 g/mol. The molecule has 1 aliphatic carbocycles. The zero-order valence-electron chi connectivity index (χ0n) is 11.7. The predicted octanol–water partition coefficient (Wildman–Crippen LogP) is 6.52. The number of anilines is 1. The smallest absolute Gasteiger partial charge is 0.0724 e. The van der Waals surface area contributed by atoms with Gasteiger partial charge in [0.25, 0.3) is 0 Å². The Bertz CT molecular complexity index is 625. The highest BCUT2D eigenvalue weighted by molar-refractivity contribution is 6.41. The molecule has 0 bridgehead atoms. The third-order valence-electron chi connectivity index (χ3n) is 3.84. The van der Waals surface area contributed by atoms with E-state index >= 15 is 0 Å². The lowest BCUT2D eigenvalue weighted by atomic mass is 10.0. The van der Waals surface area contributed by atoms with Crippen molar-refractivity contribution >= 4 is 40.5 Å². The number of hydrogen-bond acceptors (Lipinski definition) is 1. The first-order valence-electron chi connectivity index (χ1n) is 7.02. The molecule has 0 spiro atoms. The molecule has 3 rings (SSSR count). The van der Waals surface area contributed by atoms with Gasteiger partial charge in [-0.05, 0) is 43.4 Å². The number of hydrogen-bond donors (Lipinski definition) is 1. The van der Waals surface area contributed by atoms with E-state index in [1.54, 1.807) is 12.1 Å². The molecule has 21 heavy (non-hydrogen) atoms. The van der Waals surface area contributed by atoms with Crippen LogP contribution in [0.3, 0.4) is 0 Å². The van der Waals surface area contributed by atoms with Crippen LogP contribution in [0.4, 0.5) is 5.69 Å². The fourth-order valence-electron chi connectivity index (χ4n) is 2.51. The molecule has 2 aromatic carbocycles. The summed E-state index contributed by atoms with van der Waals surface area (Å²) in [4.78, 5) is 0. The van der Waals surface area contributed by atoms with Crippen molar-refractivity contribution in [1.29, 1.82) is 0 Å². The molecule has 1 nitrogen and oxygen atoms in total. The van der Waals surface area contributed by atoms with Gasteiger partial charge in [0.05, 0.1) is 21.8 Å². The first-order chi connectivity index (χ1) is 10.0. The van der Waals surface area contributed by atoms with Gasteiger partial charge in [-0.15, -0.1) is 0 Å². The number of benzene rings is 2. The van der Waals surface area contributed by atoms with Crippen LogP contribution < -0.4 is 5.32 Å². The maximum Gasteiger partial charge on any atom is 0.0724 e. The molecule has 1 aliphatic rings. The molecule has 110 valence electrons. The molecular formula is C17H16Cl3N.